The Kier molecular flexibility index (Phi) is 7.87. The lowest BCUT2D eigenvalue weighted by molar-refractivity contribution is -0.384. The SMILES string of the molecule is CN1CCN(CC(c2ccccc2)N(C)C(=O)N(C)c2ccc(S(N)(=O)=O)cc2[N+](=O)[O-])CC1. The highest BCUT2D eigenvalue weighted by molar-refractivity contribution is 7.89. The summed E-state index contributed by atoms with van der Waals surface area (Å²) >= 11 is 0. The second-order valence-electron chi connectivity index (χ2n) is 8.44. The highest BCUT2D eigenvalue weighted by Gasteiger charge is 2.31. The predicted molar refractivity (Wildman–Crippen MR) is 129 cm³/mol. The van der Waals surface area contributed by atoms with Crippen molar-refractivity contribution in [2.45, 2.75) is 10.9 Å². The first kappa shape index (κ1) is 25.6. The Morgan fingerprint density at radius 3 is 2.29 bits per heavy atom. The Balaban J connectivity index is 1.90. The van der Waals surface area contributed by atoms with Gasteiger partial charge in [-0.2, -0.15) is 0 Å². The zero-order valence-corrected chi connectivity index (χ0v) is 20.3. The van der Waals surface area contributed by atoms with E-state index in [9.17, 15) is 23.3 Å². The molecule has 3 rings (SSSR count). The fourth-order valence-corrected chi connectivity index (χ4v) is 4.52. The molecule has 0 saturated carbocycles. The van der Waals surface area contributed by atoms with Gasteiger partial charge in [-0.1, -0.05) is 30.3 Å². The maximum absolute atomic E-state index is 13.5. The van der Waals surface area contributed by atoms with Gasteiger partial charge in [-0.05, 0) is 24.7 Å². The minimum absolute atomic E-state index is 0.0272. The summed E-state index contributed by atoms with van der Waals surface area (Å²) in [7, 11) is 1.03. The number of nitrogens with zero attached hydrogens (tertiary/aromatic N) is 5. The summed E-state index contributed by atoms with van der Waals surface area (Å²) in [4.78, 5) is 31.3. The van der Waals surface area contributed by atoms with E-state index in [0.717, 1.165) is 48.8 Å². The number of carbonyl (C=O) groups is 1. The number of nitro benzene ring substituents is 1. The van der Waals surface area contributed by atoms with E-state index in [1.165, 1.54) is 13.1 Å². The number of rotatable bonds is 7. The first-order chi connectivity index (χ1) is 16.0. The molecule has 1 aliphatic heterocycles. The van der Waals surface area contributed by atoms with Crippen LogP contribution >= 0.6 is 0 Å². The number of primary sulfonamides is 1. The van der Waals surface area contributed by atoms with Gasteiger partial charge in [0.05, 0.1) is 15.9 Å². The minimum Gasteiger partial charge on any atom is -0.319 e. The maximum Gasteiger partial charge on any atom is 0.324 e. The molecule has 1 fully saturated rings. The van der Waals surface area contributed by atoms with E-state index >= 15 is 0 Å². The van der Waals surface area contributed by atoms with Gasteiger partial charge in [0, 0.05) is 52.9 Å². The van der Waals surface area contributed by atoms with Crippen molar-refractivity contribution in [2.24, 2.45) is 5.14 Å². The summed E-state index contributed by atoms with van der Waals surface area (Å²) in [5.41, 5.74) is 0.400. The second-order valence-corrected chi connectivity index (χ2v) is 10.00. The highest BCUT2D eigenvalue weighted by atomic mass is 32.2. The number of carbonyl (C=O) groups excluding carboxylic acids is 1. The molecular formula is C22H30N6O5S. The van der Waals surface area contributed by atoms with E-state index in [4.69, 9.17) is 5.14 Å². The standard InChI is InChI=1S/C22H30N6O5S/c1-24-11-13-27(14-12-24)16-21(17-7-5-4-6-8-17)26(3)22(29)25(2)19-10-9-18(34(23,32)33)15-20(19)28(30)31/h4-10,15,21H,11-14,16H2,1-3H3,(H2,23,32,33). The van der Waals surface area contributed by atoms with Gasteiger partial charge in [0.25, 0.3) is 5.69 Å². The van der Waals surface area contributed by atoms with Crippen LogP contribution in [0.4, 0.5) is 16.2 Å². The first-order valence-corrected chi connectivity index (χ1v) is 12.3. The molecule has 1 unspecified atom stereocenters. The monoisotopic (exact) mass is 490 g/mol. The zero-order chi connectivity index (χ0) is 25.0. The highest BCUT2D eigenvalue weighted by Crippen LogP contribution is 2.32. The summed E-state index contributed by atoms with van der Waals surface area (Å²) in [6, 6.07) is 12.1. The molecule has 2 aromatic rings. The van der Waals surface area contributed by atoms with Gasteiger partial charge in [0.15, 0.2) is 0 Å². The smallest absolute Gasteiger partial charge is 0.319 e. The number of amides is 2. The van der Waals surface area contributed by atoms with Crippen molar-refractivity contribution in [3.63, 3.8) is 0 Å². The van der Waals surface area contributed by atoms with Crippen molar-refractivity contribution in [1.82, 2.24) is 14.7 Å². The van der Waals surface area contributed by atoms with Crippen molar-refractivity contribution in [3.8, 4) is 0 Å². The molecule has 11 nitrogen and oxygen atoms in total. The van der Waals surface area contributed by atoms with Gasteiger partial charge in [-0.15, -0.1) is 0 Å². The Hall–Kier alpha value is -3.06. The van der Waals surface area contributed by atoms with Gasteiger partial charge in [-0.3, -0.25) is 19.9 Å². The van der Waals surface area contributed by atoms with E-state index in [0.29, 0.717) is 6.54 Å². The Morgan fingerprint density at radius 2 is 1.74 bits per heavy atom. The summed E-state index contributed by atoms with van der Waals surface area (Å²) in [5, 5.41) is 16.8. The molecule has 1 atom stereocenters. The maximum atomic E-state index is 13.5. The Morgan fingerprint density at radius 1 is 1.12 bits per heavy atom. The van der Waals surface area contributed by atoms with Crippen LogP contribution in [0, 0.1) is 10.1 Å². The van der Waals surface area contributed by atoms with E-state index in [2.05, 4.69) is 16.8 Å². The van der Waals surface area contributed by atoms with Crippen LogP contribution in [0.5, 0.6) is 0 Å². The van der Waals surface area contributed by atoms with Crippen molar-refractivity contribution in [2.75, 3.05) is 58.8 Å². The predicted octanol–water partition coefficient (Wildman–Crippen LogP) is 1.72. The largest absolute Gasteiger partial charge is 0.324 e. The van der Waals surface area contributed by atoms with Crippen LogP contribution in [0.2, 0.25) is 0 Å². The summed E-state index contributed by atoms with van der Waals surface area (Å²) < 4.78 is 23.3. The van der Waals surface area contributed by atoms with Gasteiger partial charge in [0.2, 0.25) is 10.0 Å². The lowest BCUT2D eigenvalue weighted by Gasteiger charge is -2.38. The van der Waals surface area contributed by atoms with Crippen LogP contribution in [0.3, 0.4) is 0 Å². The molecule has 1 aliphatic rings. The third kappa shape index (κ3) is 5.89. The molecule has 1 saturated heterocycles. The van der Waals surface area contributed by atoms with E-state index in [-0.39, 0.29) is 11.7 Å². The zero-order valence-electron chi connectivity index (χ0n) is 19.5. The van der Waals surface area contributed by atoms with Crippen LogP contribution in [0.25, 0.3) is 0 Å². The lowest BCUT2D eigenvalue weighted by atomic mass is 10.0. The van der Waals surface area contributed by atoms with Crippen LogP contribution in [-0.2, 0) is 10.0 Å². The number of likely N-dealkylation sites (N-methyl/N-ethyl adjacent to an activating group) is 2. The van der Waals surface area contributed by atoms with Crippen LogP contribution in [0.1, 0.15) is 11.6 Å². The molecule has 0 aromatic heterocycles. The normalized spacial score (nSPS) is 16.1. The third-order valence-corrected chi connectivity index (χ3v) is 7.01. The van der Waals surface area contributed by atoms with Crippen molar-refractivity contribution in [1.29, 1.82) is 0 Å². The molecule has 2 N–H and O–H groups in total. The number of anilines is 1. The molecule has 34 heavy (non-hydrogen) atoms. The van der Waals surface area contributed by atoms with Gasteiger partial charge in [0.1, 0.15) is 5.69 Å². The van der Waals surface area contributed by atoms with E-state index in [1.807, 2.05) is 30.3 Å². The molecule has 2 amide bonds. The molecule has 0 radical (unpaired) electrons. The number of benzene rings is 2. The second kappa shape index (κ2) is 10.5. The molecular weight excluding hydrogens is 460 g/mol. The topological polar surface area (TPSA) is 133 Å². The summed E-state index contributed by atoms with van der Waals surface area (Å²) in [5.74, 6) is 0. The Labute approximate surface area is 199 Å². The van der Waals surface area contributed by atoms with Crippen molar-refractivity contribution < 1.29 is 18.1 Å². The molecule has 0 aliphatic carbocycles. The fraction of sp³-hybridized carbons (Fsp3) is 0.409. The van der Waals surface area contributed by atoms with E-state index in [1.54, 1.807) is 11.9 Å². The number of hydrogen-bond acceptors (Lipinski definition) is 7. The van der Waals surface area contributed by atoms with Crippen LogP contribution in [-0.4, -0.2) is 87.9 Å². The molecule has 2 aromatic carbocycles. The van der Waals surface area contributed by atoms with Gasteiger partial charge < -0.3 is 9.80 Å². The van der Waals surface area contributed by atoms with Gasteiger partial charge in [-0.25, -0.2) is 18.4 Å². The minimum atomic E-state index is -4.13. The molecule has 0 bridgehead atoms. The quantitative estimate of drug-likeness (QED) is 0.461. The summed E-state index contributed by atoms with van der Waals surface area (Å²) in [6.07, 6.45) is 0. The molecule has 0 spiro atoms. The number of urea groups is 1. The van der Waals surface area contributed by atoms with Crippen LogP contribution < -0.4 is 10.0 Å². The van der Waals surface area contributed by atoms with Gasteiger partial charge >= 0.3 is 6.03 Å². The lowest BCUT2D eigenvalue weighted by Crippen LogP contribution is -2.49. The number of nitrogens with two attached hydrogens (primary N) is 1. The van der Waals surface area contributed by atoms with E-state index < -0.39 is 31.6 Å². The number of piperazine rings is 1. The number of nitro groups is 1. The first-order valence-electron chi connectivity index (χ1n) is 10.8. The van der Waals surface area contributed by atoms with Crippen molar-refractivity contribution >= 4 is 27.4 Å². The fourth-order valence-electron chi connectivity index (χ4n) is 3.98. The van der Waals surface area contributed by atoms with Crippen molar-refractivity contribution in [3.05, 3.63) is 64.2 Å². The molecule has 12 heteroatoms. The Bertz CT molecular complexity index is 1140. The number of sulfonamides is 1. The molecule has 184 valence electrons. The third-order valence-electron chi connectivity index (χ3n) is 6.10. The average Bonchev–Trinajstić information content (AvgIpc) is 2.81. The molecule has 1 heterocycles. The summed E-state index contributed by atoms with van der Waals surface area (Å²) in [6.45, 7) is 4.22. The van der Waals surface area contributed by atoms with Crippen LogP contribution in [0.15, 0.2) is 53.4 Å². The number of hydrogen-bond donors (Lipinski definition) is 1. The average molecular weight is 491 g/mol.